The molecule has 0 bridgehead atoms. The maximum absolute atomic E-state index is 10.8. The van der Waals surface area contributed by atoms with Crippen molar-refractivity contribution in [2.75, 3.05) is 24.6 Å². The van der Waals surface area contributed by atoms with Crippen LogP contribution in [0.15, 0.2) is 24.3 Å². The second-order valence-electron chi connectivity index (χ2n) is 3.99. The Labute approximate surface area is 108 Å². The van der Waals surface area contributed by atoms with Crippen LogP contribution in [0, 0.1) is 0 Å². The molecule has 0 aromatic heterocycles. The Bertz CT molecular complexity index is 392. The summed E-state index contributed by atoms with van der Waals surface area (Å²) in [6, 6.07) is 6.93. The maximum Gasteiger partial charge on any atom is 0.237 e. The molecular formula is C13H21N3O2. The molecule has 1 unspecified atom stereocenters. The molecule has 1 aromatic rings. The summed E-state index contributed by atoms with van der Waals surface area (Å²) in [6.07, 6.45) is 0. The molecule has 0 radical (unpaired) electrons. The summed E-state index contributed by atoms with van der Waals surface area (Å²) in [5.41, 5.74) is 11.7. The fourth-order valence-electron chi connectivity index (χ4n) is 1.63. The van der Waals surface area contributed by atoms with E-state index in [9.17, 15) is 4.79 Å². The molecule has 5 heteroatoms. The second-order valence-corrected chi connectivity index (χ2v) is 3.99. The number of hydrogen-bond donors (Lipinski definition) is 2. The van der Waals surface area contributed by atoms with E-state index in [1.54, 1.807) is 0 Å². The lowest BCUT2D eigenvalue weighted by Gasteiger charge is -2.21. The third-order valence-electron chi connectivity index (χ3n) is 2.74. The van der Waals surface area contributed by atoms with E-state index in [0.717, 1.165) is 18.8 Å². The standard InChI is InChI=1S/C13H21N3O2/c1-3-16(4-2)10-6-5-7-11(8-10)18-9-12(14)13(15)17/h5-8,12H,3-4,9,14H2,1-2H3,(H2,15,17). The zero-order valence-electron chi connectivity index (χ0n) is 10.9. The highest BCUT2D eigenvalue weighted by molar-refractivity contribution is 5.79. The molecule has 0 saturated heterocycles. The van der Waals surface area contributed by atoms with E-state index in [2.05, 4.69) is 18.7 Å². The van der Waals surface area contributed by atoms with E-state index < -0.39 is 11.9 Å². The smallest absolute Gasteiger partial charge is 0.237 e. The van der Waals surface area contributed by atoms with Gasteiger partial charge in [0.15, 0.2) is 0 Å². The van der Waals surface area contributed by atoms with Crippen LogP contribution in [-0.4, -0.2) is 31.6 Å². The topological polar surface area (TPSA) is 81.6 Å². The number of primary amides is 1. The number of nitrogens with two attached hydrogens (primary N) is 2. The Balaban J connectivity index is 2.67. The lowest BCUT2D eigenvalue weighted by Crippen LogP contribution is -2.41. The van der Waals surface area contributed by atoms with E-state index >= 15 is 0 Å². The van der Waals surface area contributed by atoms with Crippen LogP contribution in [0.3, 0.4) is 0 Å². The first-order chi connectivity index (χ1) is 8.58. The summed E-state index contributed by atoms with van der Waals surface area (Å²) < 4.78 is 5.46. The highest BCUT2D eigenvalue weighted by Crippen LogP contribution is 2.20. The van der Waals surface area contributed by atoms with Crippen molar-refractivity contribution >= 4 is 11.6 Å². The number of hydrogen-bond acceptors (Lipinski definition) is 4. The number of ether oxygens (including phenoxy) is 1. The predicted octanol–water partition coefficient (Wildman–Crippen LogP) is 0.724. The lowest BCUT2D eigenvalue weighted by atomic mass is 10.2. The summed E-state index contributed by atoms with van der Waals surface area (Å²) in [5, 5.41) is 0. The maximum atomic E-state index is 10.8. The van der Waals surface area contributed by atoms with Crippen molar-refractivity contribution in [2.24, 2.45) is 11.5 Å². The fraction of sp³-hybridized carbons (Fsp3) is 0.462. The van der Waals surface area contributed by atoms with Gasteiger partial charge < -0.3 is 21.1 Å². The molecule has 0 aliphatic heterocycles. The van der Waals surface area contributed by atoms with E-state index in [1.807, 2.05) is 24.3 Å². The van der Waals surface area contributed by atoms with Gasteiger partial charge in [-0.25, -0.2) is 0 Å². The normalized spacial score (nSPS) is 11.9. The molecule has 1 atom stereocenters. The number of nitrogens with zero attached hydrogens (tertiary/aromatic N) is 1. The molecule has 100 valence electrons. The number of benzene rings is 1. The molecule has 1 amide bonds. The van der Waals surface area contributed by atoms with Crippen molar-refractivity contribution in [1.29, 1.82) is 0 Å². The quantitative estimate of drug-likeness (QED) is 0.748. The van der Waals surface area contributed by atoms with E-state index in [4.69, 9.17) is 16.2 Å². The SMILES string of the molecule is CCN(CC)c1cccc(OCC(N)C(N)=O)c1. The highest BCUT2D eigenvalue weighted by atomic mass is 16.5. The highest BCUT2D eigenvalue weighted by Gasteiger charge is 2.10. The zero-order valence-corrected chi connectivity index (χ0v) is 10.9. The van der Waals surface area contributed by atoms with Gasteiger partial charge in [-0.2, -0.15) is 0 Å². The van der Waals surface area contributed by atoms with Crippen molar-refractivity contribution in [3.63, 3.8) is 0 Å². The molecule has 1 rings (SSSR count). The van der Waals surface area contributed by atoms with E-state index in [0.29, 0.717) is 5.75 Å². The average Bonchev–Trinajstić information content (AvgIpc) is 2.38. The van der Waals surface area contributed by atoms with Gasteiger partial charge in [-0.3, -0.25) is 4.79 Å². The second kappa shape index (κ2) is 6.86. The fourth-order valence-corrected chi connectivity index (χ4v) is 1.63. The summed E-state index contributed by atoms with van der Waals surface area (Å²) in [6.45, 7) is 6.15. The van der Waals surface area contributed by atoms with Crippen LogP contribution in [0.2, 0.25) is 0 Å². The molecule has 0 fully saturated rings. The largest absolute Gasteiger partial charge is 0.491 e. The number of rotatable bonds is 7. The van der Waals surface area contributed by atoms with Gasteiger partial charge in [0.25, 0.3) is 0 Å². The van der Waals surface area contributed by atoms with Crippen molar-refractivity contribution in [3.05, 3.63) is 24.3 Å². The van der Waals surface area contributed by atoms with Gasteiger partial charge in [0.1, 0.15) is 18.4 Å². The van der Waals surface area contributed by atoms with Gasteiger partial charge in [-0.15, -0.1) is 0 Å². The Kier molecular flexibility index (Phi) is 5.45. The van der Waals surface area contributed by atoms with Crippen molar-refractivity contribution in [2.45, 2.75) is 19.9 Å². The third kappa shape index (κ3) is 3.92. The first kappa shape index (κ1) is 14.3. The van der Waals surface area contributed by atoms with Crippen molar-refractivity contribution in [3.8, 4) is 5.75 Å². The number of anilines is 1. The molecule has 0 aliphatic rings. The molecule has 18 heavy (non-hydrogen) atoms. The Hall–Kier alpha value is -1.75. The Morgan fingerprint density at radius 1 is 1.39 bits per heavy atom. The number of amides is 1. The molecule has 4 N–H and O–H groups in total. The Morgan fingerprint density at radius 2 is 2.06 bits per heavy atom. The molecule has 0 aliphatic carbocycles. The summed E-state index contributed by atoms with van der Waals surface area (Å²) in [5.74, 6) is 0.131. The molecule has 1 aromatic carbocycles. The van der Waals surface area contributed by atoms with Crippen LogP contribution < -0.4 is 21.1 Å². The van der Waals surface area contributed by atoms with Gasteiger partial charge in [-0.1, -0.05) is 6.07 Å². The van der Waals surface area contributed by atoms with Gasteiger partial charge in [-0.05, 0) is 26.0 Å². The number of carbonyl (C=O) groups is 1. The Morgan fingerprint density at radius 3 is 2.61 bits per heavy atom. The lowest BCUT2D eigenvalue weighted by molar-refractivity contribution is -0.119. The van der Waals surface area contributed by atoms with Crippen molar-refractivity contribution < 1.29 is 9.53 Å². The monoisotopic (exact) mass is 251 g/mol. The van der Waals surface area contributed by atoms with Crippen LogP contribution >= 0.6 is 0 Å². The van der Waals surface area contributed by atoms with Crippen LogP contribution in [0.1, 0.15) is 13.8 Å². The first-order valence-corrected chi connectivity index (χ1v) is 6.11. The predicted molar refractivity (Wildman–Crippen MR) is 72.7 cm³/mol. The summed E-state index contributed by atoms with van der Waals surface area (Å²) in [4.78, 5) is 13.0. The molecular weight excluding hydrogens is 230 g/mol. The van der Waals surface area contributed by atoms with Crippen molar-refractivity contribution in [1.82, 2.24) is 0 Å². The van der Waals surface area contributed by atoms with Crippen LogP contribution in [0.25, 0.3) is 0 Å². The van der Waals surface area contributed by atoms with Crippen LogP contribution in [0.5, 0.6) is 5.75 Å². The minimum Gasteiger partial charge on any atom is -0.491 e. The molecule has 0 heterocycles. The van der Waals surface area contributed by atoms with Gasteiger partial charge in [0, 0.05) is 24.8 Å². The first-order valence-electron chi connectivity index (χ1n) is 6.11. The van der Waals surface area contributed by atoms with Crippen LogP contribution in [-0.2, 0) is 4.79 Å². The summed E-state index contributed by atoms with van der Waals surface area (Å²) >= 11 is 0. The molecule has 0 spiro atoms. The van der Waals surface area contributed by atoms with E-state index in [1.165, 1.54) is 0 Å². The molecule has 0 saturated carbocycles. The van der Waals surface area contributed by atoms with Gasteiger partial charge in [0.05, 0.1) is 0 Å². The minimum atomic E-state index is -0.776. The minimum absolute atomic E-state index is 0.0943. The number of carbonyl (C=O) groups excluding carboxylic acids is 1. The summed E-state index contributed by atoms with van der Waals surface area (Å²) in [7, 11) is 0. The molecule has 5 nitrogen and oxygen atoms in total. The third-order valence-corrected chi connectivity index (χ3v) is 2.74. The van der Waals surface area contributed by atoms with E-state index in [-0.39, 0.29) is 6.61 Å². The zero-order chi connectivity index (χ0) is 13.5. The average molecular weight is 251 g/mol. The van der Waals surface area contributed by atoms with Gasteiger partial charge in [0.2, 0.25) is 5.91 Å². The van der Waals surface area contributed by atoms with Crippen LogP contribution in [0.4, 0.5) is 5.69 Å². The van der Waals surface area contributed by atoms with Gasteiger partial charge >= 0.3 is 0 Å².